The number of alkyl halides is 3. The van der Waals surface area contributed by atoms with E-state index < -0.39 is 23.5 Å². The van der Waals surface area contributed by atoms with E-state index in [4.69, 9.17) is 35.3 Å². The highest BCUT2D eigenvalue weighted by molar-refractivity contribution is 7.22. The van der Waals surface area contributed by atoms with Gasteiger partial charge in [0.25, 0.3) is 0 Å². The molecule has 0 saturated carbocycles. The number of thiophene rings is 5. The molecule has 128 heavy (non-hydrogen) atoms. The number of aryl methyl sites for hydroxylation is 8. The summed E-state index contributed by atoms with van der Waals surface area (Å²) in [6.07, 6.45) is 0.134. The molecule has 1 amide bonds. The number of H-pyrrole nitrogens is 1. The average Bonchev–Trinajstić information content (AvgIpc) is 1.64. The summed E-state index contributed by atoms with van der Waals surface area (Å²) >= 11 is 13.5. The molecule has 30 heteroatoms. The number of carbonyl (C=O) groups excluding carboxylic acids is 6. The Balaban J connectivity index is 0.000000137. The second-order valence-electron chi connectivity index (χ2n) is 32.3. The number of halogens is 5. The van der Waals surface area contributed by atoms with E-state index in [0.29, 0.717) is 72.8 Å². The smallest absolute Gasteiger partial charge is 0.471 e. The van der Waals surface area contributed by atoms with Crippen molar-refractivity contribution in [3.63, 3.8) is 0 Å². The lowest BCUT2D eigenvalue weighted by Crippen LogP contribution is -2.38. The first-order valence-electron chi connectivity index (χ1n) is 42.1. The number of rotatable bonds is 27. The zero-order valence-electron chi connectivity index (χ0n) is 73.4. The quantitative estimate of drug-likeness (QED) is 0.0248. The van der Waals surface area contributed by atoms with Crippen molar-refractivity contribution in [1.29, 1.82) is 0 Å². The number of aliphatic hydroxyl groups is 1. The van der Waals surface area contributed by atoms with Gasteiger partial charge < -0.3 is 62.3 Å². The van der Waals surface area contributed by atoms with Gasteiger partial charge in [0.2, 0.25) is 28.9 Å². The molecule has 0 unspecified atom stereocenters. The van der Waals surface area contributed by atoms with Crippen LogP contribution in [-0.4, -0.2) is 172 Å². The summed E-state index contributed by atoms with van der Waals surface area (Å²) in [6.45, 7) is 26.6. The van der Waals surface area contributed by atoms with Crippen molar-refractivity contribution < 1.29 is 75.1 Å². The van der Waals surface area contributed by atoms with Crippen LogP contribution in [0.4, 0.5) is 17.6 Å². The van der Waals surface area contributed by atoms with E-state index in [1.54, 1.807) is 119 Å². The third-order valence-electron chi connectivity index (χ3n) is 22.4. The molecular formula is C98H103ClF4N8O12S5. The number of hydrogen-bond acceptors (Lipinski definition) is 19. The first-order chi connectivity index (χ1) is 61.2. The van der Waals surface area contributed by atoms with Gasteiger partial charge in [-0.3, -0.25) is 33.7 Å². The molecule has 10 aromatic heterocycles. The van der Waals surface area contributed by atoms with Gasteiger partial charge in [-0.2, -0.15) is 13.2 Å². The lowest BCUT2D eigenvalue weighted by atomic mass is 10.1. The van der Waals surface area contributed by atoms with Crippen molar-refractivity contribution in [2.24, 2.45) is 0 Å². The molecule has 2 saturated heterocycles. The van der Waals surface area contributed by atoms with E-state index in [1.807, 2.05) is 111 Å². The van der Waals surface area contributed by atoms with Crippen LogP contribution >= 0.6 is 68.3 Å². The van der Waals surface area contributed by atoms with Gasteiger partial charge in [0.15, 0.2) is 0 Å². The molecule has 20 nitrogen and oxygen atoms in total. The van der Waals surface area contributed by atoms with Crippen LogP contribution in [0.2, 0.25) is 5.02 Å². The minimum Gasteiger partial charge on any atom is -0.497 e. The van der Waals surface area contributed by atoms with Crippen LogP contribution in [0.5, 0.6) is 23.0 Å². The fourth-order valence-corrected chi connectivity index (χ4v) is 21.4. The molecule has 17 rings (SSSR count). The van der Waals surface area contributed by atoms with Crippen LogP contribution in [0.3, 0.4) is 0 Å². The van der Waals surface area contributed by atoms with Gasteiger partial charge in [-0.15, -0.1) is 56.7 Å². The van der Waals surface area contributed by atoms with Gasteiger partial charge in [0, 0.05) is 137 Å². The Kier molecular flexibility index (Phi) is 31.2. The largest absolute Gasteiger partial charge is 0.497 e. The molecule has 3 N–H and O–H groups in total. The van der Waals surface area contributed by atoms with E-state index in [9.17, 15) is 51.4 Å². The molecule has 5 aromatic carbocycles. The molecule has 2 aliphatic heterocycles. The van der Waals surface area contributed by atoms with Crippen molar-refractivity contribution >= 4 is 154 Å². The average molecular weight is 1860 g/mol. The Morgan fingerprint density at radius 2 is 0.828 bits per heavy atom. The van der Waals surface area contributed by atoms with Crippen LogP contribution in [0.25, 0.3) is 51.1 Å². The summed E-state index contributed by atoms with van der Waals surface area (Å²) in [5.74, 6) is 0.114. The number of carbonyl (C=O) groups is 6. The Morgan fingerprint density at radius 1 is 0.445 bits per heavy atom. The SMILES string of the molecule is COc1ccc(C(=O)c2cc3cc(C)[nH]c3s2)c(Cl)c1.COc1ccc(C(=O)c2cc3cc(C)n(CCC(C)(C)O)c3s2)cc1.COc1ccc(C(=O)c2cc3cc(C)n(CCCNC(=O)C(F)(F)F)c3s2)cc1.COc1ccc(C(=O)c2cc3cc(C)n(CCN4CCCCC4)c3s2)cc1.Cc1ccc(C(=O)c2cc3cc(C)n(CCN4CCOCC4)c3s2)c(F)c1. The first-order valence-corrected chi connectivity index (χ1v) is 46.5. The van der Waals surface area contributed by atoms with E-state index in [2.05, 4.69) is 67.5 Å². The predicted octanol–water partition coefficient (Wildman–Crippen LogP) is 21.9. The zero-order valence-corrected chi connectivity index (χ0v) is 78.3. The van der Waals surface area contributed by atoms with Gasteiger partial charge in [0.05, 0.1) is 82.2 Å². The maximum Gasteiger partial charge on any atom is 0.471 e. The lowest BCUT2D eigenvalue weighted by molar-refractivity contribution is -0.173. The number of hydrogen-bond donors (Lipinski definition) is 3. The normalized spacial score (nSPS) is 13.2. The van der Waals surface area contributed by atoms with Crippen molar-refractivity contribution in [3.8, 4) is 23.0 Å². The number of nitrogens with zero attached hydrogens (tertiary/aromatic N) is 6. The van der Waals surface area contributed by atoms with E-state index >= 15 is 0 Å². The topological polar surface area (TPSA) is 223 Å². The molecule has 0 aliphatic carbocycles. The second kappa shape index (κ2) is 42.2. The monoisotopic (exact) mass is 1850 g/mol. The summed E-state index contributed by atoms with van der Waals surface area (Å²) in [5, 5.41) is 17.5. The van der Waals surface area contributed by atoms with Gasteiger partial charge in [-0.05, 0) is 264 Å². The number of piperidine rings is 1. The van der Waals surface area contributed by atoms with E-state index in [-0.39, 0.29) is 41.0 Å². The highest BCUT2D eigenvalue weighted by Gasteiger charge is 2.38. The van der Waals surface area contributed by atoms with Crippen LogP contribution in [0, 0.1) is 47.4 Å². The third-order valence-corrected chi connectivity index (χ3v) is 28.5. The highest BCUT2D eigenvalue weighted by Crippen LogP contribution is 2.38. The van der Waals surface area contributed by atoms with Crippen molar-refractivity contribution in [2.45, 2.75) is 125 Å². The summed E-state index contributed by atoms with van der Waals surface area (Å²) in [7, 11) is 6.36. The van der Waals surface area contributed by atoms with Crippen molar-refractivity contribution in [1.82, 2.24) is 38.4 Å². The van der Waals surface area contributed by atoms with Gasteiger partial charge in [-0.1, -0.05) is 24.1 Å². The first kappa shape index (κ1) is 94.8. The number of benzene rings is 5. The highest BCUT2D eigenvalue weighted by atomic mass is 35.5. The Morgan fingerprint density at radius 3 is 1.23 bits per heavy atom. The van der Waals surface area contributed by atoms with Gasteiger partial charge in [0.1, 0.15) is 53.0 Å². The fourth-order valence-electron chi connectivity index (χ4n) is 15.4. The number of fused-ring (bicyclic) bond motifs is 5. The zero-order chi connectivity index (χ0) is 91.4. The Hall–Kier alpha value is -10.8. The number of ketones is 5. The molecule has 0 radical (unpaired) electrons. The number of morpholine rings is 1. The number of nitrogens with one attached hydrogen (secondary N) is 2. The summed E-state index contributed by atoms with van der Waals surface area (Å²) < 4.78 is 85.6. The van der Waals surface area contributed by atoms with Crippen LogP contribution in [0.15, 0.2) is 170 Å². The van der Waals surface area contributed by atoms with Crippen molar-refractivity contribution in [3.05, 3.63) is 267 Å². The van der Waals surface area contributed by atoms with Gasteiger partial charge in [-0.25, -0.2) is 4.39 Å². The van der Waals surface area contributed by atoms with Gasteiger partial charge >= 0.3 is 12.1 Å². The molecule has 0 spiro atoms. The number of methoxy groups -OCH3 is 4. The molecule has 15 aromatic rings. The van der Waals surface area contributed by atoms with Crippen LogP contribution < -0.4 is 24.3 Å². The molecular weight excluding hydrogens is 1750 g/mol. The minimum atomic E-state index is -4.87. The molecule has 2 aliphatic rings. The summed E-state index contributed by atoms with van der Waals surface area (Å²) in [4.78, 5) is 91.3. The third kappa shape index (κ3) is 23.2. The maximum absolute atomic E-state index is 14.2. The Bertz CT molecular complexity index is 6430. The molecule has 0 bridgehead atoms. The number of aromatic nitrogens is 5. The molecule has 0 atom stereocenters. The number of ether oxygens (including phenoxy) is 5. The number of amides is 1. The van der Waals surface area contributed by atoms with Crippen LogP contribution in [0.1, 0.15) is 156 Å². The summed E-state index contributed by atoms with van der Waals surface area (Å²) in [6, 6.07) is 51.2. The standard InChI is InChI=1S/C22H26N2O2S.C21H23FN2O2S.C20H19F3N2O3S.C20H23NO3S.C15H12ClNO2S/c1-16-14-18-15-20(21(25)17-6-8-19(26-2)9-7-17)27-22(18)24(16)13-12-23-10-4-3-5-11-23;1-14-3-4-17(18(22)11-14)20(25)19-13-16-12-15(2)24(21(16)27-19)6-5-23-7-9-26-10-8-23;1-12-10-14-11-16(17(26)13-4-6-15(28-2)7-5-13)29-18(14)25(12)9-3-8-24-19(27)20(21,22)23;1-13-11-15-12-17(18(22)14-5-7-16(24-4)8-6-14)25-19(15)21(13)10-9-20(2,3)23;1-8-5-9-6-13(20-15(9)17-8)14(18)11-4-3-10(19-2)7-12(11)16/h6-9,14-15H,3-5,10-13H2,1-2H3;3-4,11-13H,5-10H2,1-2H3;4-7,10-11H,3,8-9H2,1-2H3,(H,24,27);5-8,11-12,23H,9-10H2,1-4H3;3-7,17H,1-2H3. The fraction of sp³-hybridized carbons (Fsp3) is 0.327. The summed E-state index contributed by atoms with van der Waals surface area (Å²) in [5.41, 5.74) is 8.29. The number of likely N-dealkylation sites (tertiary alicyclic amines) is 1. The van der Waals surface area contributed by atoms with Crippen LogP contribution in [-0.2, 0) is 35.7 Å². The van der Waals surface area contributed by atoms with Crippen molar-refractivity contribution in [2.75, 3.05) is 87.5 Å². The van der Waals surface area contributed by atoms with E-state index in [0.717, 1.165) is 144 Å². The number of aromatic amines is 1. The molecule has 12 heterocycles. The lowest BCUT2D eigenvalue weighted by Gasteiger charge is -2.26. The minimum absolute atomic E-state index is 0.0237. The maximum atomic E-state index is 14.2. The van der Waals surface area contributed by atoms with E-state index in [1.165, 1.54) is 105 Å². The predicted molar refractivity (Wildman–Crippen MR) is 507 cm³/mol. The molecule has 672 valence electrons. The second-order valence-corrected chi connectivity index (χ2v) is 37.8. The molecule has 2 fully saturated rings. The Labute approximate surface area is 765 Å².